The van der Waals surface area contributed by atoms with Crippen LogP contribution >= 0.6 is 0 Å². The molecule has 0 radical (unpaired) electrons. The minimum atomic E-state index is 0.332. The molecule has 0 atom stereocenters. The van der Waals surface area contributed by atoms with Crippen molar-refractivity contribution in [2.75, 3.05) is 13.6 Å². The summed E-state index contributed by atoms with van der Waals surface area (Å²) in [6, 6.07) is 0. The average Bonchev–Trinajstić information content (AvgIpc) is 2.31. The lowest BCUT2D eigenvalue weighted by molar-refractivity contribution is 0.306. The van der Waals surface area contributed by atoms with Crippen molar-refractivity contribution in [3.63, 3.8) is 0 Å². The van der Waals surface area contributed by atoms with Crippen molar-refractivity contribution in [3.8, 4) is 0 Å². The van der Waals surface area contributed by atoms with E-state index in [4.69, 9.17) is 0 Å². The third-order valence-corrected chi connectivity index (χ3v) is 2.64. The molecule has 12 heavy (non-hydrogen) atoms. The summed E-state index contributed by atoms with van der Waals surface area (Å²) in [7, 11) is 2.09. The van der Waals surface area contributed by atoms with E-state index < -0.39 is 0 Å². The van der Waals surface area contributed by atoms with Gasteiger partial charge in [-0.3, -0.25) is 0 Å². The number of hydrogen-bond acceptors (Lipinski definition) is 2. The van der Waals surface area contributed by atoms with E-state index in [0.29, 0.717) is 5.41 Å². The molecule has 0 bridgehead atoms. The first kappa shape index (κ1) is 7.87. The molecule has 1 heterocycles. The molecule has 0 unspecified atom stereocenters. The normalized spacial score (nSPS) is 26.4. The number of allylic oxidation sites excluding steroid dienone is 2. The van der Waals surface area contributed by atoms with Gasteiger partial charge in [0.25, 0.3) is 0 Å². The fourth-order valence-corrected chi connectivity index (χ4v) is 1.82. The SMILES string of the molecule is CN1NCC2=C1CC(C)(C)C=C2. The van der Waals surface area contributed by atoms with Gasteiger partial charge in [-0.25, -0.2) is 5.43 Å². The van der Waals surface area contributed by atoms with Gasteiger partial charge in [-0.05, 0) is 17.4 Å². The van der Waals surface area contributed by atoms with Crippen LogP contribution in [0.2, 0.25) is 0 Å². The highest BCUT2D eigenvalue weighted by Crippen LogP contribution is 2.35. The fourth-order valence-electron chi connectivity index (χ4n) is 1.82. The molecule has 0 aromatic rings. The van der Waals surface area contributed by atoms with E-state index in [1.54, 1.807) is 0 Å². The van der Waals surface area contributed by atoms with Gasteiger partial charge in [0.05, 0.1) is 0 Å². The molecule has 1 N–H and O–H groups in total. The Kier molecular flexibility index (Phi) is 1.55. The molecule has 0 aromatic heterocycles. The third-order valence-electron chi connectivity index (χ3n) is 2.64. The molecule has 0 aromatic carbocycles. The fraction of sp³-hybridized carbons (Fsp3) is 0.600. The molecule has 0 spiro atoms. The zero-order valence-corrected chi connectivity index (χ0v) is 8.02. The van der Waals surface area contributed by atoms with Crippen LogP contribution in [0.5, 0.6) is 0 Å². The molecule has 0 fully saturated rings. The number of hydrazine groups is 1. The Labute approximate surface area is 73.9 Å². The Morgan fingerprint density at radius 3 is 3.00 bits per heavy atom. The van der Waals surface area contributed by atoms with Crippen LogP contribution in [0.3, 0.4) is 0 Å². The maximum absolute atomic E-state index is 3.31. The van der Waals surface area contributed by atoms with E-state index in [9.17, 15) is 0 Å². The number of rotatable bonds is 0. The van der Waals surface area contributed by atoms with Crippen molar-refractivity contribution in [1.82, 2.24) is 10.4 Å². The van der Waals surface area contributed by atoms with Gasteiger partial charge in [-0.2, -0.15) is 0 Å². The molecule has 0 amide bonds. The first-order valence-electron chi connectivity index (χ1n) is 4.47. The quantitative estimate of drug-likeness (QED) is 0.586. The molecule has 2 nitrogen and oxygen atoms in total. The number of hydrogen-bond donors (Lipinski definition) is 1. The van der Waals surface area contributed by atoms with Gasteiger partial charge in [0.2, 0.25) is 0 Å². The van der Waals surface area contributed by atoms with E-state index in [-0.39, 0.29) is 0 Å². The van der Waals surface area contributed by atoms with Crippen LogP contribution < -0.4 is 5.43 Å². The summed E-state index contributed by atoms with van der Waals surface area (Å²) in [6.45, 7) is 5.55. The molecular formula is C10H16N2. The van der Waals surface area contributed by atoms with Crippen molar-refractivity contribution in [2.45, 2.75) is 20.3 Å². The maximum atomic E-state index is 3.31. The molecule has 1 aliphatic heterocycles. The molecule has 66 valence electrons. The highest BCUT2D eigenvalue weighted by Gasteiger charge is 2.27. The molecular weight excluding hydrogens is 148 g/mol. The van der Waals surface area contributed by atoms with Crippen molar-refractivity contribution in [3.05, 3.63) is 23.4 Å². The van der Waals surface area contributed by atoms with E-state index in [0.717, 1.165) is 13.0 Å². The maximum Gasteiger partial charge on any atom is 0.0418 e. The summed E-state index contributed by atoms with van der Waals surface area (Å²) in [5.74, 6) is 0. The summed E-state index contributed by atoms with van der Waals surface area (Å²) < 4.78 is 0. The lowest BCUT2D eigenvalue weighted by atomic mass is 9.82. The van der Waals surface area contributed by atoms with E-state index in [2.05, 4.69) is 43.5 Å². The van der Waals surface area contributed by atoms with Gasteiger partial charge in [0.15, 0.2) is 0 Å². The van der Waals surface area contributed by atoms with Crippen molar-refractivity contribution >= 4 is 0 Å². The largest absolute Gasteiger partial charge is 0.315 e. The van der Waals surface area contributed by atoms with Crippen LogP contribution in [0.4, 0.5) is 0 Å². The Balaban J connectivity index is 2.29. The van der Waals surface area contributed by atoms with Crippen molar-refractivity contribution in [1.29, 1.82) is 0 Å². The second-order valence-corrected chi connectivity index (χ2v) is 4.36. The predicted octanol–water partition coefficient (Wildman–Crippen LogP) is 1.68. The Bertz CT molecular complexity index is 261. The number of nitrogens with one attached hydrogen (secondary N) is 1. The zero-order valence-electron chi connectivity index (χ0n) is 8.02. The molecule has 1 aliphatic carbocycles. The predicted molar refractivity (Wildman–Crippen MR) is 50.3 cm³/mol. The summed E-state index contributed by atoms with van der Waals surface area (Å²) >= 11 is 0. The Morgan fingerprint density at radius 2 is 2.25 bits per heavy atom. The first-order valence-corrected chi connectivity index (χ1v) is 4.47. The molecule has 2 aliphatic rings. The van der Waals surface area contributed by atoms with Crippen LogP contribution in [0.25, 0.3) is 0 Å². The highest BCUT2D eigenvalue weighted by molar-refractivity contribution is 5.35. The van der Waals surface area contributed by atoms with Gasteiger partial charge in [-0.15, -0.1) is 0 Å². The van der Waals surface area contributed by atoms with Crippen LogP contribution in [0.1, 0.15) is 20.3 Å². The molecule has 2 rings (SSSR count). The second-order valence-electron chi connectivity index (χ2n) is 4.36. The summed E-state index contributed by atoms with van der Waals surface area (Å²) in [4.78, 5) is 0. The third kappa shape index (κ3) is 1.16. The molecule has 0 saturated carbocycles. The van der Waals surface area contributed by atoms with Crippen LogP contribution in [0.15, 0.2) is 23.4 Å². The van der Waals surface area contributed by atoms with E-state index in [1.807, 2.05) is 0 Å². The van der Waals surface area contributed by atoms with Crippen LogP contribution in [-0.4, -0.2) is 18.6 Å². The van der Waals surface area contributed by atoms with Crippen molar-refractivity contribution < 1.29 is 0 Å². The Morgan fingerprint density at radius 1 is 1.50 bits per heavy atom. The topological polar surface area (TPSA) is 15.3 Å². The Hall–Kier alpha value is -0.760. The van der Waals surface area contributed by atoms with Gasteiger partial charge in [-0.1, -0.05) is 26.0 Å². The molecule has 2 heteroatoms. The summed E-state index contributed by atoms with van der Waals surface area (Å²) in [5.41, 5.74) is 6.56. The lowest BCUT2D eigenvalue weighted by Crippen LogP contribution is -2.28. The van der Waals surface area contributed by atoms with E-state index in [1.165, 1.54) is 11.3 Å². The molecule has 0 saturated heterocycles. The monoisotopic (exact) mass is 164 g/mol. The van der Waals surface area contributed by atoms with Gasteiger partial charge >= 0.3 is 0 Å². The van der Waals surface area contributed by atoms with E-state index >= 15 is 0 Å². The standard InChI is InChI=1S/C10H16N2/c1-10(2)5-4-8-7-11-12(3)9(8)6-10/h4-5,11H,6-7H2,1-3H3. The van der Waals surface area contributed by atoms with Gasteiger partial charge < -0.3 is 5.01 Å². The lowest BCUT2D eigenvalue weighted by Gasteiger charge is -2.28. The van der Waals surface area contributed by atoms with Crippen molar-refractivity contribution in [2.24, 2.45) is 5.41 Å². The first-order chi connectivity index (χ1) is 5.58. The highest BCUT2D eigenvalue weighted by atomic mass is 15.5. The van der Waals surface area contributed by atoms with Gasteiger partial charge in [0, 0.05) is 19.3 Å². The average molecular weight is 164 g/mol. The summed E-state index contributed by atoms with van der Waals surface area (Å²) in [5, 5.41) is 2.15. The minimum absolute atomic E-state index is 0.332. The van der Waals surface area contributed by atoms with Crippen LogP contribution in [0, 0.1) is 5.41 Å². The minimum Gasteiger partial charge on any atom is -0.315 e. The van der Waals surface area contributed by atoms with Gasteiger partial charge in [0.1, 0.15) is 0 Å². The smallest absolute Gasteiger partial charge is 0.0418 e. The van der Waals surface area contributed by atoms with Crippen LogP contribution in [-0.2, 0) is 0 Å². The second kappa shape index (κ2) is 2.36. The summed E-state index contributed by atoms with van der Waals surface area (Å²) in [6.07, 6.45) is 5.73. The zero-order chi connectivity index (χ0) is 8.77. The number of nitrogens with zero attached hydrogens (tertiary/aromatic N) is 1.